The summed E-state index contributed by atoms with van der Waals surface area (Å²) in [5.41, 5.74) is -1.07. The van der Waals surface area contributed by atoms with E-state index in [-0.39, 0.29) is 30.7 Å². The quantitative estimate of drug-likeness (QED) is 0.736. The van der Waals surface area contributed by atoms with E-state index in [1.54, 1.807) is 27.7 Å². The maximum absolute atomic E-state index is 11.7. The Morgan fingerprint density at radius 3 is 2.29 bits per heavy atom. The number of aliphatic carboxylic acids is 1. The van der Waals surface area contributed by atoms with Crippen LogP contribution < -0.4 is 5.32 Å². The Labute approximate surface area is 102 Å². The summed E-state index contributed by atoms with van der Waals surface area (Å²) in [6.07, 6.45) is 0.146. The molecule has 0 saturated carbocycles. The molecular weight excluding hydrogens is 220 g/mol. The average molecular weight is 240 g/mol. The predicted octanol–water partition coefficient (Wildman–Crippen LogP) is 1.54. The van der Waals surface area contributed by atoms with Crippen molar-refractivity contribution in [1.82, 2.24) is 5.32 Å². The molecule has 0 aliphatic carbocycles. The van der Waals surface area contributed by atoms with Crippen LogP contribution in [0.5, 0.6) is 0 Å². The fourth-order valence-corrected chi connectivity index (χ4v) is 1.37. The number of carboxylic acid groups (broad SMARTS) is 1. The van der Waals surface area contributed by atoms with Crippen LogP contribution in [0.1, 0.15) is 40.5 Å². The minimum Gasteiger partial charge on any atom is -0.481 e. The Morgan fingerprint density at radius 2 is 1.94 bits per heavy atom. The van der Waals surface area contributed by atoms with Crippen LogP contribution in [0.3, 0.4) is 0 Å². The summed E-state index contributed by atoms with van der Waals surface area (Å²) in [5, 5.41) is 20.2. The van der Waals surface area contributed by atoms with Crippen molar-refractivity contribution in [2.24, 2.45) is 11.3 Å². The smallest absolute Gasteiger partial charge is 0.310 e. The van der Waals surface area contributed by atoms with Crippen LogP contribution in [-0.4, -0.2) is 23.0 Å². The van der Waals surface area contributed by atoms with Crippen LogP contribution in [0.2, 0.25) is 0 Å². The highest BCUT2D eigenvalue weighted by Crippen LogP contribution is 2.31. The number of carbonyl (C=O) groups excluding carboxylic acids is 1. The van der Waals surface area contributed by atoms with Gasteiger partial charge in [-0.05, 0) is 19.8 Å². The molecule has 0 aromatic rings. The van der Waals surface area contributed by atoms with E-state index < -0.39 is 11.4 Å². The minimum absolute atomic E-state index is 0.0736. The Balaban J connectivity index is 4.55. The van der Waals surface area contributed by atoms with Gasteiger partial charge in [0.25, 0.3) is 0 Å². The number of hydrogen-bond donors (Lipinski definition) is 2. The van der Waals surface area contributed by atoms with Crippen molar-refractivity contribution in [3.8, 4) is 6.07 Å². The van der Waals surface area contributed by atoms with E-state index in [2.05, 4.69) is 5.32 Å². The van der Waals surface area contributed by atoms with E-state index in [0.717, 1.165) is 0 Å². The second kappa shape index (κ2) is 6.24. The largest absolute Gasteiger partial charge is 0.481 e. The SMILES string of the molecule is CC(CC#N)NC(=O)CC(C)(C(=O)O)C(C)C. The van der Waals surface area contributed by atoms with Gasteiger partial charge in [0.2, 0.25) is 5.91 Å². The standard InChI is InChI=1S/C12H20N2O3/c1-8(2)12(4,11(16)17)7-10(15)14-9(3)5-6-13/h8-9H,5,7H2,1-4H3,(H,14,15)(H,16,17). The first-order valence-electron chi connectivity index (χ1n) is 5.63. The van der Waals surface area contributed by atoms with Gasteiger partial charge in [-0.2, -0.15) is 5.26 Å². The first kappa shape index (κ1) is 15.4. The van der Waals surface area contributed by atoms with Gasteiger partial charge in [-0.1, -0.05) is 13.8 Å². The molecule has 96 valence electrons. The first-order chi connectivity index (χ1) is 7.74. The average Bonchev–Trinajstić information content (AvgIpc) is 2.16. The van der Waals surface area contributed by atoms with Crippen molar-refractivity contribution in [2.45, 2.75) is 46.6 Å². The topological polar surface area (TPSA) is 90.2 Å². The third kappa shape index (κ3) is 4.43. The first-order valence-corrected chi connectivity index (χ1v) is 5.63. The highest BCUT2D eigenvalue weighted by Gasteiger charge is 2.38. The maximum Gasteiger partial charge on any atom is 0.310 e. The second-order valence-corrected chi connectivity index (χ2v) is 4.88. The summed E-state index contributed by atoms with van der Waals surface area (Å²) in [6.45, 7) is 6.84. The molecular formula is C12H20N2O3. The lowest BCUT2D eigenvalue weighted by atomic mass is 9.76. The van der Waals surface area contributed by atoms with Crippen molar-refractivity contribution < 1.29 is 14.7 Å². The molecule has 0 radical (unpaired) electrons. The van der Waals surface area contributed by atoms with Gasteiger partial charge < -0.3 is 10.4 Å². The van der Waals surface area contributed by atoms with Gasteiger partial charge in [-0.15, -0.1) is 0 Å². The zero-order valence-electron chi connectivity index (χ0n) is 10.8. The lowest BCUT2D eigenvalue weighted by Crippen LogP contribution is -2.41. The van der Waals surface area contributed by atoms with E-state index in [0.29, 0.717) is 0 Å². The fourth-order valence-electron chi connectivity index (χ4n) is 1.37. The molecule has 2 N–H and O–H groups in total. The maximum atomic E-state index is 11.7. The van der Waals surface area contributed by atoms with Gasteiger partial charge in [0, 0.05) is 12.5 Å². The monoisotopic (exact) mass is 240 g/mol. The molecule has 1 amide bonds. The molecule has 0 bridgehead atoms. The van der Waals surface area contributed by atoms with E-state index in [1.807, 2.05) is 6.07 Å². The molecule has 2 unspecified atom stereocenters. The Bertz CT molecular complexity index is 333. The number of carbonyl (C=O) groups is 2. The summed E-state index contributed by atoms with van der Waals surface area (Å²) in [6, 6.07) is 1.70. The van der Waals surface area contributed by atoms with Gasteiger partial charge in [0.15, 0.2) is 0 Å². The van der Waals surface area contributed by atoms with Crippen molar-refractivity contribution in [2.75, 3.05) is 0 Å². The van der Waals surface area contributed by atoms with E-state index in [1.165, 1.54) is 0 Å². The molecule has 0 saturated heterocycles. The zero-order chi connectivity index (χ0) is 13.6. The minimum atomic E-state index is -1.07. The number of amides is 1. The van der Waals surface area contributed by atoms with Crippen LogP contribution in [0.15, 0.2) is 0 Å². The Hall–Kier alpha value is -1.57. The van der Waals surface area contributed by atoms with E-state index in [4.69, 9.17) is 10.4 Å². The fraction of sp³-hybridized carbons (Fsp3) is 0.750. The second-order valence-electron chi connectivity index (χ2n) is 4.88. The highest BCUT2D eigenvalue weighted by atomic mass is 16.4. The van der Waals surface area contributed by atoms with Gasteiger partial charge in [-0.3, -0.25) is 9.59 Å². The van der Waals surface area contributed by atoms with Gasteiger partial charge in [0.1, 0.15) is 0 Å². The molecule has 0 rings (SSSR count). The molecule has 17 heavy (non-hydrogen) atoms. The highest BCUT2D eigenvalue weighted by molar-refractivity contribution is 5.85. The van der Waals surface area contributed by atoms with Crippen molar-refractivity contribution in [3.05, 3.63) is 0 Å². The lowest BCUT2D eigenvalue weighted by Gasteiger charge is -2.28. The van der Waals surface area contributed by atoms with Crippen LogP contribution in [-0.2, 0) is 9.59 Å². The van der Waals surface area contributed by atoms with E-state index >= 15 is 0 Å². The molecule has 0 heterocycles. The molecule has 0 spiro atoms. The Morgan fingerprint density at radius 1 is 1.41 bits per heavy atom. The predicted molar refractivity (Wildman–Crippen MR) is 63.0 cm³/mol. The number of hydrogen-bond acceptors (Lipinski definition) is 3. The summed E-state index contributed by atoms with van der Waals surface area (Å²) < 4.78 is 0. The molecule has 5 nitrogen and oxygen atoms in total. The van der Waals surface area contributed by atoms with Crippen LogP contribution in [0, 0.1) is 22.7 Å². The lowest BCUT2D eigenvalue weighted by molar-refractivity contribution is -0.153. The zero-order valence-corrected chi connectivity index (χ0v) is 10.8. The summed E-state index contributed by atoms with van der Waals surface area (Å²) >= 11 is 0. The summed E-state index contributed by atoms with van der Waals surface area (Å²) in [7, 11) is 0. The van der Waals surface area contributed by atoms with Crippen LogP contribution >= 0.6 is 0 Å². The molecule has 0 fully saturated rings. The molecule has 2 atom stereocenters. The van der Waals surface area contributed by atoms with E-state index in [9.17, 15) is 9.59 Å². The molecule has 0 aliphatic rings. The van der Waals surface area contributed by atoms with Gasteiger partial charge >= 0.3 is 5.97 Å². The van der Waals surface area contributed by atoms with Crippen molar-refractivity contribution in [1.29, 1.82) is 5.26 Å². The summed E-state index contributed by atoms with van der Waals surface area (Å²) in [4.78, 5) is 22.8. The molecule has 0 aliphatic heterocycles. The van der Waals surface area contributed by atoms with Crippen LogP contribution in [0.25, 0.3) is 0 Å². The van der Waals surface area contributed by atoms with Crippen molar-refractivity contribution in [3.63, 3.8) is 0 Å². The molecule has 0 aromatic carbocycles. The Kier molecular flexibility index (Phi) is 5.66. The number of nitrogens with one attached hydrogen (secondary N) is 1. The number of nitriles is 1. The van der Waals surface area contributed by atoms with Crippen LogP contribution in [0.4, 0.5) is 0 Å². The molecule has 0 aromatic heterocycles. The third-order valence-electron chi connectivity index (χ3n) is 3.10. The van der Waals surface area contributed by atoms with Crippen molar-refractivity contribution >= 4 is 11.9 Å². The normalized spacial score (nSPS) is 15.8. The number of carboxylic acids is 1. The number of rotatable bonds is 6. The number of nitrogens with zero attached hydrogens (tertiary/aromatic N) is 1. The third-order valence-corrected chi connectivity index (χ3v) is 3.10. The summed E-state index contributed by atoms with van der Waals surface area (Å²) in [5.74, 6) is -1.45. The van der Waals surface area contributed by atoms with Gasteiger partial charge in [-0.25, -0.2) is 0 Å². The molecule has 5 heteroatoms. The van der Waals surface area contributed by atoms with Gasteiger partial charge in [0.05, 0.1) is 17.9 Å².